The third-order valence-corrected chi connectivity index (χ3v) is 3.59. The number of rotatable bonds is 4. The van der Waals surface area contributed by atoms with Crippen LogP contribution < -0.4 is 5.32 Å². The molecule has 24 heavy (non-hydrogen) atoms. The van der Waals surface area contributed by atoms with Gasteiger partial charge >= 0.3 is 12.1 Å². The molecule has 0 spiro atoms. The van der Waals surface area contributed by atoms with E-state index in [1.807, 2.05) is 0 Å². The average molecular weight is 341 g/mol. The van der Waals surface area contributed by atoms with Crippen LogP contribution in [0.3, 0.4) is 0 Å². The Morgan fingerprint density at radius 2 is 2.04 bits per heavy atom. The molecule has 3 rings (SSSR count). The molecule has 0 bridgehead atoms. The van der Waals surface area contributed by atoms with Crippen molar-refractivity contribution in [2.24, 2.45) is 0 Å². The van der Waals surface area contributed by atoms with Crippen LogP contribution in [-0.4, -0.2) is 35.3 Å². The lowest BCUT2D eigenvalue weighted by Gasteiger charge is -2.10. The highest BCUT2D eigenvalue weighted by Crippen LogP contribution is 2.29. The summed E-state index contributed by atoms with van der Waals surface area (Å²) in [4.78, 5) is 15.3. The van der Waals surface area contributed by atoms with Gasteiger partial charge in [0.05, 0.1) is 6.10 Å². The zero-order valence-electron chi connectivity index (χ0n) is 12.5. The minimum Gasteiger partial charge on any atom is -0.376 e. The highest BCUT2D eigenvalue weighted by Gasteiger charge is 2.38. The van der Waals surface area contributed by atoms with Gasteiger partial charge in [0, 0.05) is 24.3 Å². The molecule has 1 aromatic heterocycles. The van der Waals surface area contributed by atoms with Gasteiger partial charge in [-0.25, -0.2) is 0 Å². The second kappa shape index (κ2) is 6.60. The van der Waals surface area contributed by atoms with Gasteiger partial charge in [-0.2, -0.15) is 18.2 Å². The molecule has 1 atom stereocenters. The fraction of sp³-hybridized carbons (Fsp3) is 0.400. The smallest absolute Gasteiger partial charge is 0.376 e. The van der Waals surface area contributed by atoms with Crippen LogP contribution in [-0.2, 0) is 10.9 Å². The van der Waals surface area contributed by atoms with Gasteiger partial charge < -0.3 is 14.6 Å². The van der Waals surface area contributed by atoms with Crippen molar-refractivity contribution < 1.29 is 27.2 Å². The first-order valence-corrected chi connectivity index (χ1v) is 7.34. The molecule has 0 saturated carbocycles. The summed E-state index contributed by atoms with van der Waals surface area (Å²) >= 11 is 0. The summed E-state index contributed by atoms with van der Waals surface area (Å²) in [6.07, 6.45) is -2.75. The quantitative estimate of drug-likeness (QED) is 0.925. The number of ether oxygens (including phenoxy) is 1. The lowest BCUT2D eigenvalue weighted by atomic mass is 10.1. The molecular weight excluding hydrogens is 327 g/mol. The second-order valence-corrected chi connectivity index (χ2v) is 5.34. The number of halogens is 3. The molecule has 128 valence electrons. The Labute approximate surface area is 135 Å². The zero-order valence-corrected chi connectivity index (χ0v) is 12.5. The molecule has 6 nitrogen and oxygen atoms in total. The molecular formula is C15H14F3N3O3. The number of benzene rings is 1. The van der Waals surface area contributed by atoms with Gasteiger partial charge in [-0.05, 0) is 25.0 Å². The first-order chi connectivity index (χ1) is 11.4. The maximum Gasteiger partial charge on any atom is 0.471 e. The number of hydrogen-bond donors (Lipinski definition) is 1. The maximum atomic E-state index is 12.4. The summed E-state index contributed by atoms with van der Waals surface area (Å²) in [5.41, 5.74) is 0.709. The van der Waals surface area contributed by atoms with Gasteiger partial charge in [0.2, 0.25) is 5.82 Å². The van der Waals surface area contributed by atoms with Crippen molar-refractivity contribution in [3.8, 4) is 11.4 Å². The van der Waals surface area contributed by atoms with Gasteiger partial charge in [-0.15, -0.1) is 0 Å². The van der Waals surface area contributed by atoms with Crippen LogP contribution in [0.1, 0.15) is 29.1 Å². The monoisotopic (exact) mass is 341 g/mol. The molecule has 1 fully saturated rings. The number of nitrogens with one attached hydrogen (secondary N) is 1. The molecule has 0 aliphatic carbocycles. The van der Waals surface area contributed by atoms with E-state index < -0.39 is 12.1 Å². The van der Waals surface area contributed by atoms with Crippen molar-refractivity contribution in [2.45, 2.75) is 25.1 Å². The number of aromatic nitrogens is 2. The Kier molecular flexibility index (Phi) is 4.52. The van der Waals surface area contributed by atoms with Crippen LogP contribution >= 0.6 is 0 Å². The first kappa shape index (κ1) is 16.4. The topological polar surface area (TPSA) is 77.2 Å². The van der Waals surface area contributed by atoms with Gasteiger partial charge in [-0.1, -0.05) is 17.3 Å². The molecule has 1 saturated heterocycles. The van der Waals surface area contributed by atoms with E-state index in [-0.39, 0.29) is 17.8 Å². The lowest BCUT2D eigenvalue weighted by molar-refractivity contribution is -0.159. The van der Waals surface area contributed by atoms with E-state index in [0.29, 0.717) is 24.3 Å². The van der Waals surface area contributed by atoms with Crippen molar-refractivity contribution in [3.05, 3.63) is 35.7 Å². The van der Waals surface area contributed by atoms with Crippen molar-refractivity contribution in [1.29, 1.82) is 0 Å². The molecule has 2 heterocycles. The van der Waals surface area contributed by atoms with Crippen molar-refractivity contribution >= 4 is 5.91 Å². The predicted octanol–water partition coefficient (Wildman–Crippen LogP) is 2.66. The van der Waals surface area contributed by atoms with E-state index >= 15 is 0 Å². The predicted molar refractivity (Wildman–Crippen MR) is 76.0 cm³/mol. The third-order valence-electron chi connectivity index (χ3n) is 3.59. The first-order valence-electron chi connectivity index (χ1n) is 7.34. The normalized spacial score (nSPS) is 17.9. The Hall–Kier alpha value is -2.42. The Balaban J connectivity index is 1.64. The molecule has 1 amide bonds. The lowest BCUT2D eigenvalue weighted by Crippen LogP contribution is -2.31. The maximum absolute atomic E-state index is 12.4. The average Bonchev–Trinajstić information content (AvgIpc) is 3.23. The highest BCUT2D eigenvalue weighted by molar-refractivity contribution is 5.94. The van der Waals surface area contributed by atoms with E-state index in [0.717, 1.165) is 12.8 Å². The van der Waals surface area contributed by atoms with Crippen LogP contribution in [0.2, 0.25) is 0 Å². The van der Waals surface area contributed by atoms with Crippen LogP contribution in [0.15, 0.2) is 28.8 Å². The standard InChI is InChI=1S/C15H14F3N3O3/c16-15(17,18)14-20-12(21-24-14)9-3-5-10(6-4-9)13(22)19-8-11-2-1-7-23-11/h3-6,11H,1-2,7-8H2,(H,19,22)/t11-/m1/s1. The molecule has 1 aromatic carbocycles. The number of amides is 1. The van der Waals surface area contributed by atoms with Gasteiger partial charge in [-0.3, -0.25) is 4.79 Å². The van der Waals surface area contributed by atoms with Gasteiger partial charge in [0.25, 0.3) is 5.91 Å². The number of carbonyl (C=O) groups is 1. The Bertz CT molecular complexity index is 707. The van der Waals surface area contributed by atoms with E-state index in [1.54, 1.807) is 0 Å². The van der Waals surface area contributed by atoms with Crippen LogP contribution in [0, 0.1) is 0 Å². The van der Waals surface area contributed by atoms with E-state index in [1.165, 1.54) is 24.3 Å². The molecule has 1 aliphatic heterocycles. The fourth-order valence-electron chi connectivity index (χ4n) is 2.34. The number of alkyl halides is 3. The summed E-state index contributed by atoms with van der Waals surface area (Å²) in [5.74, 6) is -1.87. The van der Waals surface area contributed by atoms with E-state index in [9.17, 15) is 18.0 Å². The molecule has 9 heteroatoms. The molecule has 2 aromatic rings. The summed E-state index contributed by atoms with van der Waals surface area (Å²) < 4.78 is 46.9. The fourth-order valence-corrected chi connectivity index (χ4v) is 2.34. The van der Waals surface area contributed by atoms with E-state index in [2.05, 4.69) is 20.0 Å². The van der Waals surface area contributed by atoms with Gasteiger partial charge in [0.1, 0.15) is 0 Å². The van der Waals surface area contributed by atoms with E-state index in [4.69, 9.17) is 4.74 Å². The van der Waals surface area contributed by atoms with Crippen molar-refractivity contribution in [1.82, 2.24) is 15.5 Å². The minimum atomic E-state index is -4.69. The van der Waals surface area contributed by atoms with Gasteiger partial charge in [0.15, 0.2) is 0 Å². The Morgan fingerprint density at radius 1 is 1.29 bits per heavy atom. The van der Waals surface area contributed by atoms with Crippen molar-refractivity contribution in [3.63, 3.8) is 0 Å². The summed E-state index contributed by atoms with van der Waals surface area (Å²) in [6.45, 7) is 1.14. The third kappa shape index (κ3) is 3.73. The SMILES string of the molecule is O=C(NC[C@H]1CCCO1)c1ccc(-c2noc(C(F)(F)F)n2)cc1. The molecule has 1 aliphatic rings. The molecule has 0 unspecified atom stereocenters. The van der Waals surface area contributed by atoms with Crippen molar-refractivity contribution in [2.75, 3.05) is 13.2 Å². The summed E-state index contributed by atoms with van der Waals surface area (Å²) in [5, 5.41) is 6.05. The molecule has 0 radical (unpaired) electrons. The van der Waals surface area contributed by atoms with Crippen LogP contribution in [0.4, 0.5) is 13.2 Å². The van der Waals surface area contributed by atoms with Crippen LogP contribution in [0.5, 0.6) is 0 Å². The second-order valence-electron chi connectivity index (χ2n) is 5.34. The number of carbonyl (C=O) groups excluding carboxylic acids is 1. The zero-order chi connectivity index (χ0) is 17.2. The summed E-state index contributed by atoms with van der Waals surface area (Å²) in [7, 11) is 0. The van der Waals surface area contributed by atoms with Crippen LogP contribution in [0.25, 0.3) is 11.4 Å². The Morgan fingerprint density at radius 3 is 2.62 bits per heavy atom. The highest BCUT2D eigenvalue weighted by atomic mass is 19.4. The summed E-state index contributed by atoms with van der Waals surface area (Å²) in [6, 6.07) is 5.91. The molecule has 1 N–H and O–H groups in total. The minimum absolute atomic E-state index is 0.0355. The number of nitrogens with zero attached hydrogens (tertiary/aromatic N) is 2. The number of hydrogen-bond acceptors (Lipinski definition) is 5. The largest absolute Gasteiger partial charge is 0.471 e.